The van der Waals surface area contributed by atoms with Gasteiger partial charge in [0.1, 0.15) is 0 Å². The Bertz CT molecular complexity index is 598. The van der Waals surface area contributed by atoms with E-state index in [-0.39, 0.29) is 24.0 Å². The molecule has 0 radical (unpaired) electrons. The fraction of sp³-hybridized carbons (Fsp3) is 0.619. The molecule has 3 N–H and O–H groups in total. The average Bonchev–Trinajstić information content (AvgIpc) is 2.66. The van der Waals surface area contributed by atoms with E-state index in [0.717, 1.165) is 18.4 Å². The molecule has 1 aromatic carbocycles. The van der Waals surface area contributed by atoms with E-state index in [2.05, 4.69) is 29.6 Å². The molecule has 1 unspecified atom stereocenters. The molecule has 0 saturated heterocycles. The number of amides is 2. The number of urea groups is 1. The molecule has 1 aliphatic carbocycles. The summed E-state index contributed by atoms with van der Waals surface area (Å²) in [6.45, 7) is 0.614. The third kappa shape index (κ3) is 6.86. The Balaban J connectivity index is 1.92. The number of nitrogens with one attached hydrogen (secondary N) is 2. The van der Waals surface area contributed by atoms with Crippen molar-refractivity contribution in [2.45, 2.75) is 62.9 Å². The minimum atomic E-state index is -0.843. The first-order valence-corrected chi connectivity index (χ1v) is 9.89. The lowest BCUT2D eigenvalue weighted by atomic mass is 9.80. The number of carbonyl (C=O) groups excluding carboxylic acids is 1. The molecular formula is C21H33N3O3. The van der Waals surface area contributed by atoms with Crippen LogP contribution in [0.5, 0.6) is 0 Å². The molecule has 0 aromatic heterocycles. The monoisotopic (exact) mass is 375 g/mol. The Labute approximate surface area is 162 Å². The van der Waals surface area contributed by atoms with Gasteiger partial charge in [-0.1, -0.05) is 49.6 Å². The zero-order valence-corrected chi connectivity index (χ0v) is 16.5. The van der Waals surface area contributed by atoms with Crippen molar-refractivity contribution in [2.24, 2.45) is 0 Å². The molecule has 6 heteroatoms. The summed E-state index contributed by atoms with van der Waals surface area (Å²) < 4.78 is 0. The normalized spacial score (nSPS) is 17.3. The number of carboxylic acid groups (broad SMARTS) is 1. The van der Waals surface area contributed by atoms with Crippen LogP contribution < -0.4 is 10.6 Å². The van der Waals surface area contributed by atoms with Crippen molar-refractivity contribution in [3.05, 3.63) is 35.9 Å². The van der Waals surface area contributed by atoms with Crippen LogP contribution in [0.15, 0.2) is 30.3 Å². The van der Waals surface area contributed by atoms with E-state index in [1.54, 1.807) is 0 Å². The average molecular weight is 376 g/mol. The molecule has 150 valence electrons. The molecule has 1 aliphatic rings. The first kappa shape index (κ1) is 21.2. The lowest BCUT2D eigenvalue weighted by Gasteiger charge is -2.43. The lowest BCUT2D eigenvalue weighted by molar-refractivity contribution is -0.137. The molecule has 27 heavy (non-hydrogen) atoms. The van der Waals surface area contributed by atoms with Gasteiger partial charge < -0.3 is 20.6 Å². The standard InChI is InChI=1S/C21H33N3O3/c1-24(2)21(13-7-4-8-14-21)16-22-20(27)23-18(11-12-19(25)26)15-17-9-5-3-6-10-17/h3,5-6,9-10,18H,4,7-8,11-16H2,1-2H3,(H,25,26)(H2,22,23,27). The highest BCUT2D eigenvalue weighted by Crippen LogP contribution is 2.31. The van der Waals surface area contributed by atoms with Crippen molar-refractivity contribution in [2.75, 3.05) is 20.6 Å². The van der Waals surface area contributed by atoms with Crippen molar-refractivity contribution < 1.29 is 14.7 Å². The van der Waals surface area contributed by atoms with Crippen molar-refractivity contribution >= 4 is 12.0 Å². The second kappa shape index (κ2) is 10.3. The van der Waals surface area contributed by atoms with Crippen LogP contribution in [0.1, 0.15) is 50.5 Å². The third-order valence-corrected chi connectivity index (χ3v) is 5.68. The number of benzene rings is 1. The van der Waals surface area contributed by atoms with Gasteiger partial charge >= 0.3 is 12.0 Å². The topological polar surface area (TPSA) is 81.7 Å². The Kier molecular flexibility index (Phi) is 8.10. The smallest absolute Gasteiger partial charge is 0.315 e. The van der Waals surface area contributed by atoms with Gasteiger partial charge in [0, 0.05) is 24.5 Å². The van der Waals surface area contributed by atoms with Gasteiger partial charge in [0.05, 0.1) is 0 Å². The summed E-state index contributed by atoms with van der Waals surface area (Å²) in [6.07, 6.45) is 6.90. The van der Waals surface area contributed by atoms with Crippen molar-refractivity contribution in [3.63, 3.8) is 0 Å². The van der Waals surface area contributed by atoms with E-state index in [9.17, 15) is 9.59 Å². The summed E-state index contributed by atoms with van der Waals surface area (Å²) in [6, 6.07) is 9.42. The number of hydrogen-bond acceptors (Lipinski definition) is 3. The maximum absolute atomic E-state index is 12.5. The number of hydrogen-bond donors (Lipinski definition) is 3. The lowest BCUT2D eigenvalue weighted by Crippen LogP contribution is -2.56. The van der Waals surface area contributed by atoms with Crippen LogP contribution in [-0.2, 0) is 11.2 Å². The molecule has 0 aliphatic heterocycles. The second-order valence-electron chi connectivity index (χ2n) is 7.83. The predicted molar refractivity (Wildman–Crippen MR) is 107 cm³/mol. The van der Waals surface area contributed by atoms with E-state index in [0.29, 0.717) is 19.4 Å². The van der Waals surface area contributed by atoms with Gasteiger partial charge in [-0.25, -0.2) is 4.79 Å². The molecule has 1 aromatic rings. The highest BCUT2D eigenvalue weighted by atomic mass is 16.4. The first-order valence-electron chi connectivity index (χ1n) is 9.89. The minimum absolute atomic E-state index is 0.0194. The zero-order chi connectivity index (χ0) is 19.7. The van der Waals surface area contributed by atoms with Gasteiger partial charge in [0.2, 0.25) is 0 Å². The van der Waals surface area contributed by atoms with Crippen LogP contribution in [0.25, 0.3) is 0 Å². The maximum Gasteiger partial charge on any atom is 0.315 e. The third-order valence-electron chi connectivity index (χ3n) is 5.68. The van der Waals surface area contributed by atoms with Gasteiger partial charge in [0.25, 0.3) is 0 Å². The van der Waals surface area contributed by atoms with Crippen molar-refractivity contribution in [1.29, 1.82) is 0 Å². The van der Waals surface area contributed by atoms with Crippen LogP contribution in [0, 0.1) is 0 Å². The molecule has 2 amide bonds. The summed E-state index contributed by atoms with van der Waals surface area (Å²) in [7, 11) is 4.16. The number of nitrogens with zero attached hydrogens (tertiary/aromatic N) is 1. The molecule has 1 atom stereocenters. The Morgan fingerprint density at radius 3 is 2.41 bits per heavy atom. The number of rotatable bonds is 9. The van der Waals surface area contributed by atoms with Crippen LogP contribution >= 0.6 is 0 Å². The van der Waals surface area contributed by atoms with Crippen LogP contribution in [-0.4, -0.2) is 54.2 Å². The van der Waals surface area contributed by atoms with Gasteiger partial charge in [-0.3, -0.25) is 4.79 Å². The molecule has 0 bridgehead atoms. The minimum Gasteiger partial charge on any atom is -0.481 e. The Morgan fingerprint density at radius 1 is 1.15 bits per heavy atom. The zero-order valence-electron chi connectivity index (χ0n) is 16.5. The molecule has 0 heterocycles. The second-order valence-corrected chi connectivity index (χ2v) is 7.83. The quantitative estimate of drug-likeness (QED) is 0.620. The Morgan fingerprint density at radius 2 is 1.81 bits per heavy atom. The van der Waals surface area contributed by atoms with E-state index < -0.39 is 5.97 Å². The van der Waals surface area contributed by atoms with E-state index in [1.165, 1.54) is 19.3 Å². The summed E-state index contributed by atoms with van der Waals surface area (Å²) in [4.78, 5) is 25.7. The molecule has 1 fully saturated rings. The highest BCUT2D eigenvalue weighted by molar-refractivity contribution is 5.74. The Hall–Kier alpha value is -2.08. The van der Waals surface area contributed by atoms with Crippen LogP contribution in [0.4, 0.5) is 4.79 Å². The summed E-state index contributed by atoms with van der Waals surface area (Å²) in [5.74, 6) is -0.843. The van der Waals surface area contributed by atoms with Crippen molar-refractivity contribution in [1.82, 2.24) is 15.5 Å². The summed E-state index contributed by atoms with van der Waals surface area (Å²) in [5.41, 5.74) is 1.11. The van der Waals surface area contributed by atoms with E-state index in [1.807, 2.05) is 30.3 Å². The highest BCUT2D eigenvalue weighted by Gasteiger charge is 2.34. The number of aliphatic carboxylic acids is 1. The molecule has 0 spiro atoms. The molecular weight excluding hydrogens is 342 g/mol. The molecule has 2 rings (SSSR count). The number of carboxylic acids is 1. The predicted octanol–water partition coefficient (Wildman–Crippen LogP) is 3.03. The molecule has 6 nitrogen and oxygen atoms in total. The van der Waals surface area contributed by atoms with Crippen LogP contribution in [0.3, 0.4) is 0 Å². The SMILES string of the molecule is CN(C)C1(CNC(=O)NC(CCC(=O)O)Cc2ccccc2)CCCCC1. The largest absolute Gasteiger partial charge is 0.481 e. The number of carbonyl (C=O) groups is 2. The van der Waals surface area contributed by atoms with Crippen LogP contribution in [0.2, 0.25) is 0 Å². The first-order chi connectivity index (χ1) is 12.9. The number of likely N-dealkylation sites (N-methyl/N-ethyl adjacent to an activating group) is 1. The maximum atomic E-state index is 12.5. The van der Waals surface area contributed by atoms with Gasteiger partial charge in [-0.15, -0.1) is 0 Å². The van der Waals surface area contributed by atoms with E-state index in [4.69, 9.17) is 5.11 Å². The van der Waals surface area contributed by atoms with Crippen molar-refractivity contribution in [3.8, 4) is 0 Å². The summed E-state index contributed by atoms with van der Waals surface area (Å²) >= 11 is 0. The van der Waals surface area contributed by atoms with Gasteiger partial charge in [-0.2, -0.15) is 0 Å². The van der Waals surface area contributed by atoms with E-state index >= 15 is 0 Å². The fourth-order valence-electron chi connectivity index (χ4n) is 3.89. The van der Waals surface area contributed by atoms with Gasteiger partial charge in [-0.05, 0) is 45.3 Å². The summed E-state index contributed by atoms with van der Waals surface area (Å²) in [5, 5.41) is 15.0. The molecule has 1 saturated carbocycles. The fourth-order valence-corrected chi connectivity index (χ4v) is 3.89. The van der Waals surface area contributed by atoms with Gasteiger partial charge in [0.15, 0.2) is 0 Å².